The van der Waals surface area contributed by atoms with E-state index < -0.39 is 11.4 Å². The third kappa shape index (κ3) is 2.58. The molecule has 102 valence electrons. The topological polar surface area (TPSA) is 83.6 Å². The van der Waals surface area contributed by atoms with Crippen molar-refractivity contribution in [2.24, 2.45) is 5.41 Å². The van der Waals surface area contributed by atoms with Crippen LogP contribution in [0.25, 0.3) is 0 Å². The first-order chi connectivity index (χ1) is 8.83. The number of likely N-dealkylation sites (tertiary alicyclic amines) is 1. The van der Waals surface area contributed by atoms with E-state index in [1.807, 2.05) is 0 Å². The second kappa shape index (κ2) is 4.85. The standard InChI is InChI=1S/C13H15BrN2O3/c1-13(12(18)19)4-5-16(7-13)11(17)9-6-8(15)2-3-10(9)14/h2-3,6H,4-5,7,15H2,1H3,(H,18,19). The molecule has 1 aromatic carbocycles. The number of nitrogens with zero attached hydrogens (tertiary/aromatic N) is 1. The van der Waals surface area contributed by atoms with E-state index in [9.17, 15) is 14.7 Å². The van der Waals surface area contributed by atoms with Crippen LogP contribution in [-0.4, -0.2) is 35.0 Å². The number of aliphatic carboxylic acids is 1. The van der Waals surface area contributed by atoms with E-state index in [1.165, 1.54) is 0 Å². The Morgan fingerprint density at radius 3 is 2.74 bits per heavy atom. The third-order valence-corrected chi connectivity index (χ3v) is 4.19. The highest BCUT2D eigenvalue weighted by atomic mass is 79.9. The van der Waals surface area contributed by atoms with Crippen LogP contribution in [-0.2, 0) is 4.79 Å². The minimum atomic E-state index is -0.866. The van der Waals surface area contributed by atoms with Crippen LogP contribution in [0.15, 0.2) is 22.7 Å². The number of nitrogen functional groups attached to an aromatic ring is 1. The number of benzene rings is 1. The van der Waals surface area contributed by atoms with Crippen molar-refractivity contribution in [2.75, 3.05) is 18.8 Å². The first-order valence-electron chi connectivity index (χ1n) is 5.91. The molecule has 0 bridgehead atoms. The van der Waals surface area contributed by atoms with E-state index in [-0.39, 0.29) is 12.5 Å². The number of carboxylic acids is 1. The molecule has 1 unspecified atom stereocenters. The van der Waals surface area contributed by atoms with Crippen LogP contribution in [0.5, 0.6) is 0 Å². The van der Waals surface area contributed by atoms with E-state index in [1.54, 1.807) is 30.0 Å². The second-order valence-corrected chi connectivity index (χ2v) is 5.94. The van der Waals surface area contributed by atoms with Gasteiger partial charge in [0.1, 0.15) is 0 Å². The molecule has 1 fully saturated rings. The Bertz CT molecular complexity index is 547. The van der Waals surface area contributed by atoms with Gasteiger partial charge in [-0.1, -0.05) is 0 Å². The van der Waals surface area contributed by atoms with Crippen molar-refractivity contribution >= 4 is 33.5 Å². The Morgan fingerprint density at radius 2 is 2.16 bits per heavy atom. The van der Waals surface area contributed by atoms with Gasteiger partial charge in [-0.3, -0.25) is 9.59 Å². The molecule has 1 aliphatic rings. The quantitative estimate of drug-likeness (QED) is 0.814. The molecule has 1 aliphatic heterocycles. The molecule has 1 amide bonds. The summed E-state index contributed by atoms with van der Waals surface area (Å²) in [5.41, 5.74) is 5.79. The molecule has 0 radical (unpaired) electrons. The fourth-order valence-corrected chi connectivity index (χ4v) is 2.60. The SMILES string of the molecule is CC1(C(=O)O)CCN(C(=O)c2cc(N)ccc2Br)C1. The number of anilines is 1. The molecule has 1 heterocycles. The van der Waals surface area contributed by atoms with Crippen molar-refractivity contribution in [1.82, 2.24) is 4.90 Å². The highest BCUT2D eigenvalue weighted by Gasteiger charge is 2.42. The van der Waals surface area contributed by atoms with Gasteiger partial charge in [0.15, 0.2) is 0 Å². The van der Waals surface area contributed by atoms with Gasteiger partial charge < -0.3 is 15.7 Å². The maximum atomic E-state index is 12.4. The summed E-state index contributed by atoms with van der Waals surface area (Å²) in [5, 5.41) is 9.17. The minimum absolute atomic E-state index is 0.191. The molecule has 0 spiro atoms. The molecule has 5 nitrogen and oxygen atoms in total. The Morgan fingerprint density at radius 1 is 1.47 bits per heavy atom. The highest BCUT2D eigenvalue weighted by molar-refractivity contribution is 9.10. The van der Waals surface area contributed by atoms with Crippen LogP contribution < -0.4 is 5.73 Å². The van der Waals surface area contributed by atoms with Crippen LogP contribution >= 0.6 is 15.9 Å². The molecular weight excluding hydrogens is 312 g/mol. The Hall–Kier alpha value is -1.56. The van der Waals surface area contributed by atoms with Crippen LogP contribution in [0.2, 0.25) is 0 Å². The van der Waals surface area contributed by atoms with Gasteiger partial charge in [0.05, 0.1) is 11.0 Å². The van der Waals surface area contributed by atoms with E-state index in [4.69, 9.17) is 5.73 Å². The van der Waals surface area contributed by atoms with Crippen LogP contribution in [0.3, 0.4) is 0 Å². The summed E-state index contributed by atoms with van der Waals surface area (Å²) in [6.45, 7) is 2.34. The summed E-state index contributed by atoms with van der Waals surface area (Å²) >= 11 is 3.32. The van der Waals surface area contributed by atoms with Crippen molar-refractivity contribution in [3.05, 3.63) is 28.2 Å². The van der Waals surface area contributed by atoms with Crippen LogP contribution in [0, 0.1) is 5.41 Å². The van der Waals surface area contributed by atoms with Gasteiger partial charge in [-0.15, -0.1) is 0 Å². The largest absolute Gasteiger partial charge is 0.481 e. The molecule has 0 aliphatic carbocycles. The summed E-state index contributed by atoms with van der Waals surface area (Å²) in [6.07, 6.45) is 0.466. The third-order valence-electron chi connectivity index (χ3n) is 3.50. The van der Waals surface area contributed by atoms with E-state index >= 15 is 0 Å². The Balaban J connectivity index is 2.22. The molecule has 6 heteroatoms. The number of carbonyl (C=O) groups is 2. The van der Waals surface area contributed by atoms with Gasteiger partial charge in [-0.05, 0) is 47.5 Å². The van der Waals surface area contributed by atoms with Crippen molar-refractivity contribution in [2.45, 2.75) is 13.3 Å². The summed E-state index contributed by atoms with van der Waals surface area (Å²) in [5.74, 6) is -1.06. The molecule has 19 heavy (non-hydrogen) atoms. The summed E-state index contributed by atoms with van der Waals surface area (Å²) in [6, 6.07) is 5.02. The lowest BCUT2D eigenvalue weighted by atomic mass is 9.90. The molecule has 1 saturated heterocycles. The van der Waals surface area contributed by atoms with Crippen molar-refractivity contribution in [1.29, 1.82) is 0 Å². The maximum absolute atomic E-state index is 12.4. The zero-order chi connectivity index (χ0) is 14.2. The Kier molecular flexibility index (Phi) is 3.54. The average molecular weight is 327 g/mol. The second-order valence-electron chi connectivity index (χ2n) is 5.08. The molecule has 1 atom stereocenters. The summed E-state index contributed by atoms with van der Waals surface area (Å²) in [4.78, 5) is 25.1. The monoisotopic (exact) mass is 326 g/mol. The summed E-state index contributed by atoms with van der Waals surface area (Å²) in [7, 11) is 0. The van der Waals surface area contributed by atoms with Crippen molar-refractivity contribution < 1.29 is 14.7 Å². The number of halogens is 1. The van der Waals surface area contributed by atoms with Gasteiger partial charge in [-0.2, -0.15) is 0 Å². The summed E-state index contributed by atoms with van der Waals surface area (Å²) < 4.78 is 0.663. The van der Waals surface area contributed by atoms with E-state index in [0.717, 1.165) is 0 Å². The smallest absolute Gasteiger partial charge is 0.311 e. The predicted octanol–water partition coefficient (Wildman–Crippen LogP) is 1.97. The fraction of sp³-hybridized carbons (Fsp3) is 0.385. The first-order valence-corrected chi connectivity index (χ1v) is 6.70. The fourth-order valence-electron chi connectivity index (χ4n) is 2.19. The van der Waals surface area contributed by atoms with Crippen molar-refractivity contribution in [3.8, 4) is 0 Å². The lowest BCUT2D eigenvalue weighted by molar-refractivity contribution is -0.147. The number of hydrogen-bond acceptors (Lipinski definition) is 3. The van der Waals surface area contributed by atoms with E-state index in [0.29, 0.717) is 28.7 Å². The number of amides is 1. The molecule has 1 aromatic rings. The maximum Gasteiger partial charge on any atom is 0.311 e. The van der Waals surface area contributed by atoms with E-state index in [2.05, 4.69) is 15.9 Å². The molecular formula is C13H15BrN2O3. The van der Waals surface area contributed by atoms with Gasteiger partial charge in [0.2, 0.25) is 0 Å². The molecule has 2 rings (SSSR count). The lowest BCUT2D eigenvalue weighted by Crippen LogP contribution is -2.35. The first kappa shape index (κ1) is 13.9. The lowest BCUT2D eigenvalue weighted by Gasteiger charge is -2.20. The van der Waals surface area contributed by atoms with Crippen molar-refractivity contribution in [3.63, 3.8) is 0 Å². The van der Waals surface area contributed by atoms with Crippen LogP contribution in [0.4, 0.5) is 5.69 Å². The Labute approximate surface area is 119 Å². The minimum Gasteiger partial charge on any atom is -0.481 e. The van der Waals surface area contributed by atoms with Gasteiger partial charge >= 0.3 is 5.97 Å². The van der Waals surface area contributed by atoms with Gasteiger partial charge in [0, 0.05) is 23.2 Å². The molecule has 0 aromatic heterocycles. The normalized spacial score (nSPS) is 22.5. The number of nitrogens with two attached hydrogens (primary N) is 1. The molecule has 3 N–H and O–H groups in total. The number of carboxylic acid groups (broad SMARTS) is 1. The zero-order valence-corrected chi connectivity index (χ0v) is 12.1. The number of rotatable bonds is 2. The van der Waals surface area contributed by atoms with Gasteiger partial charge in [0.25, 0.3) is 5.91 Å². The number of carbonyl (C=O) groups excluding carboxylic acids is 1. The van der Waals surface area contributed by atoms with Crippen LogP contribution in [0.1, 0.15) is 23.7 Å². The van der Waals surface area contributed by atoms with Gasteiger partial charge in [-0.25, -0.2) is 0 Å². The zero-order valence-electron chi connectivity index (χ0n) is 10.5. The molecule has 0 saturated carbocycles. The predicted molar refractivity (Wildman–Crippen MR) is 74.8 cm³/mol. The highest BCUT2D eigenvalue weighted by Crippen LogP contribution is 2.32. The number of hydrogen-bond donors (Lipinski definition) is 2. The average Bonchev–Trinajstić information content (AvgIpc) is 2.76.